The summed E-state index contributed by atoms with van der Waals surface area (Å²) in [5.41, 5.74) is 3.04. The van der Waals surface area contributed by atoms with Gasteiger partial charge in [-0.15, -0.1) is 16.4 Å². The number of nitrogens with zero attached hydrogens (tertiary/aromatic N) is 4. The molecule has 4 aromatic rings. The van der Waals surface area contributed by atoms with E-state index < -0.39 is 0 Å². The number of hydrogen-bond donors (Lipinski definition) is 1. The highest BCUT2D eigenvalue weighted by Crippen LogP contribution is 2.36. The van der Waals surface area contributed by atoms with Crippen LogP contribution >= 0.6 is 11.3 Å². The minimum atomic E-state index is -0.184. The van der Waals surface area contributed by atoms with Crippen LogP contribution in [-0.4, -0.2) is 31.8 Å². The van der Waals surface area contributed by atoms with E-state index in [1.54, 1.807) is 34.5 Å². The lowest BCUT2D eigenvalue weighted by atomic mass is 10.2. The highest BCUT2D eigenvalue weighted by Gasteiger charge is 2.31. The lowest BCUT2D eigenvalue weighted by Crippen LogP contribution is -2.32. The van der Waals surface area contributed by atoms with Gasteiger partial charge in [-0.25, -0.2) is 14.5 Å². The van der Waals surface area contributed by atoms with E-state index in [0.717, 1.165) is 23.1 Å². The van der Waals surface area contributed by atoms with Gasteiger partial charge in [0.1, 0.15) is 0 Å². The lowest BCUT2D eigenvalue weighted by Gasteiger charge is -2.05. The van der Waals surface area contributed by atoms with Crippen molar-refractivity contribution in [2.75, 3.05) is 6.54 Å². The van der Waals surface area contributed by atoms with Crippen molar-refractivity contribution in [3.8, 4) is 11.6 Å². The standard InChI is InChI=1S/C19H17N5O3S/c25-18(12-3-6-14-16(10-12)28-11-21-14)20-7-8-23-19(26)24(13-4-5-13)17(22-23)15-2-1-9-27-15/h1-3,6,9-11,13H,4-5,7-8H2,(H,20,25). The molecule has 1 saturated carbocycles. The van der Waals surface area contributed by atoms with E-state index in [-0.39, 0.29) is 17.6 Å². The van der Waals surface area contributed by atoms with Gasteiger partial charge in [-0.3, -0.25) is 9.36 Å². The van der Waals surface area contributed by atoms with Crippen molar-refractivity contribution in [3.63, 3.8) is 0 Å². The summed E-state index contributed by atoms with van der Waals surface area (Å²) >= 11 is 1.49. The van der Waals surface area contributed by atoms with Gasteiger partial charge in [-0.1, -0.05) is 0 Å². The number of nitrogens with one attached hydrogen (secondary N) is 1. The van der Waals surface area contributed by atoms with Crippen LogP contribution in [-0.2, 0) is 6.54 Å². The third kappa shape index (κ3) is 3.03. The van der Waals surface area contributed by atoms with Crippen LogP contribution in [0.25, 0.3) is 21.8 Å². The van der Waals surface area contributed by atoms with Crippen molar-refractivity contribution < 1.29 is 9.21 Å². The fourth-order valence-electron chi connectivity index (χ4n) is 3.18. The van der Waals surface area contributed by atoms with E-state index in [2.05, 4.69) is 15.4 Å². The smallest absolute Gasteiger partial charge is 0.346 e. The molecule has 3 heterocycles. The summed E-state index contributed by atoms with van der Waals surface area (Å²) in [6.45, 7) is 0.597. The molecule has 5 rings (SSSR count). The number of thiazole rings is 1. The number of fused-ring (bicyclic) bond motifs is 1. The molecule has 9 heteroatoms. The number of benzene rings is 1. The number of hydrogen-bond acceptors (Lipinski definition) is 6. The minimum absolute atomic E-state index is 0.172. The molecule has 1 N–H and O–H groups in total. The Morgan fingerprint density at radius 1 is 1.32 bits per heavy atom. The first-order chi connectivity index (χ1) is 13.7. The number of aromatic nitrogens is 4. The molecular formula is C19H17N5O3S. The molecular weight excluding hydrogens is 378 g/mol. The Kier molecular flexibility index (Phi) is 4.09. The van der Waals surface area contributed by atoms with Crippen LogP contribution in [0.5, 0.6) is 0 Å². The zero-order valence-corrected chi connectivity index (χ0v) is 15.7. The van der Waals surface area contributed by atoms with E-state index in [1.807, 2.05) is 12.1 Å². The average molecular weight is 395 g/mol. The molecule has 8 nitrogen and oxygen atoms in total. The highest BCUT2D eigenvalue weighted by atomic mass is 32.1. The van der Waals surface area contributed by atoms with Crippen molar-refractivity contribution >= 4 is 27.5 Å². The Balaban J connectivity index is 1.31. The first kappa shape index (κ1) is 16.9. The largest absolute Gasteiger partial charge is 0.461 e. The zero-order valence-electron chi connectivity index (χ0n) is 14.9. The van der Waals surface area contributed by atoms with Gasteiger partial charge in [-0.2, -0.15) is 0 Å². The third-order valence-corrected chi connectivity index (χ3v) is 5.52. The molecule has 0 spiro atoms. The molecule has 1 amide bonds. The van der Waals surface area contributed by atoms with E-state index in [9.17, 15) is 9.59 Å². The molecule has 1 fully saturated rings. The molecule has 1 aliphatic carbocycles. The Morgan fingerprint density at radius 2 is 2.21 bits per heavy atom. The van der Waals surface area contributed by atoms with Crippen molar-refractivity contribution in [2.45, 2.75) is 25.4 Å². The molecule has 1 aromatic carbocycles. The third-order valence-electron chi connectivity index (χ3n) is 4.73. The highest BCUT2D eigenvalue weighted by molar-refractivity contribution is 7.16. The minimum Gasteiger partial charge on any atom is -0.461 e. The number of carbonyl (C=O) groups excluding carboxylic acids is 1. The maximum atomic E-state index is 12.7. The van der Waals surface area contributed by atoms with Gasteiger partial charge >= 0.3 is 5.69 Å². The summed E-state index contributed by atoms with van der Waals surface area (Å²) in [5.74, 6) is 0.931. The molecule has 28 heavy (non-hydrogen) atoms. The summed E-state index contributed by atoms with van der Waals surface area (Å²) in [5, 5.41) is 7.29. The van der Waals surface area contributed by atoms with E-state index in [1.165, 1.54) is 16.0 Å². The average Bonchev–Trinajstić information content (AvgIpc) is 3.11. The van der Waals surface area contributed by atoms with E-state index in [4.69, 9.17) is 4.42 Å². The van der Waals surface area contributed by atoms with E-state index >= 15 is 0 Å². The molecule has 1 aliphatic rings. The predicted octanol–water partition coefficient (Wildman–Crippen LogP) is 2.68. The molecule has 0 aliphatic heterocycles. The van der Waals surface area contributed by atoms with Gasteiger partial charge in [0, 0.05) is 18.2 Å². The number of rotatable bonds is 6. The van der Waals surface area contributed by atoms with Crippen LogP contribution in [0.4, 0.5) is 0 Å². The second kappa shape index (κ2) is 6.75. The van der Waals surface area contributed by atoms with Gasteiger partial charge in [-0.05, 0) is 43.2 Å². The Bertz CT molecular complexity index is 1200. The fraction of sp³-hybridized carbons (Fsp3) is 0.263. The summed E-state index contributed by atoms with van der Waals surface area (Å²) < 4.78 is 9.48. The van der Waals surface area contributed by atoms with Crippen molar-refractivity contribution in [1.29, 1.82) is 0 Å². The van der Waals surface area contributed by atoms with Crippen LogP contribution < -0.4 is 11.0 Å². The lowest BCUT2D eigenvalue weighted by molar-refractivity contribution is 0.0952. The summed E-state index contributed by atoms with van der Waals surface area (Å²) in [6, 6.07) is 9.16. The topological polar surface area (TPSA) is 95.0 Å². The molecule has 3 aromatic heterocycles. The summed E-state index contributed by atoms with van der Waals surface area (Å²) in [6.07, 6.45) is 3.50. The van der Waals surface area contributed by atoms with Crippen molar-refractivity contribution in [2.24, 2.45) is 0 Å². The van der Waals surface area contributed by atoms with Crippen LogP contribution in [0.15, 0.2) is 51.3 Å². The Hall–Kier alpha value is -3.20. The monoisotopic (exact) mass is 395 g/mol. The predicted molar refractivity (Wildman–Crippen MR) is 104 cm³/mol. The first-order valence-corrected chi connectivity index (χ1v) is 9.93. The SMILES string of the molecule is O=C(NCCn1nc(-c2ccco2)n(C2CC2)c1=O)c1ccc2ncsc2c1. The molecule has 0 atom stereocenters. The number of furan rings is 1. The Labute approximate surface area is 163 Å². The maximum Gasteiger partial charge on any atom is 0.346 e. The summed E-state index contributed by atoms with van der Waals surface area (Å²) in [7, 11) is 0. The molecule has 0 saturated heterocycles. The van der Waals surface area contributed by atoms with Crippen LogP contribution in [0.3, 0.4) is 0 Å². The molecule has 0 bridgehead atoms. The number of amides is 1. The molecule has 142 valence electrons. The number of carbonyl (C=O) groups is 1. The quantitative estimate of drug-likeness (QED) is 0.542. The maximum absolute atomic E-state index is 12.7. The summed E-state index contributed by atoms with van der Waals surface area (Å²) in [4.78, 5) is 29.4. The van der Waals surface area contributed by atoms with Crippen LogP contribution in [0.2, 0.25) is 0 Å². The molecule has 0 unspecified atom stereocenters. The van der Waals surface area contributed by atoms with Crippen LogP contribution in [0, 0.1) is 0 Å². The van der Waals surface area contributed by atoms with Gasteiger partial charge < -0.3 is 9.73 Å². The van der Waals surface area contributed by atoms with Crippen molar-refractivity contribution in [1.82, 2.24) is 24.6 Å². The Morgan fingerprint density at radius 3 is 3.00 bits per heavy atom. The normalized spacial score (nSPS) is 13.9. The van der Waals surface area contributed by atoms with E-state index in [0.29, 0.717) is 30.2 Å². The molecule has 0 radical (unpaired) electrons. The van der Waals surface area contributed by atoms with Gasteiger partial charge in [0.2, 0.25) is 5.82 Å². The van der Waals surface area contributed by atoms with Gasteiger partial charge in [0.25, 0.3) is 5.91 Å². The van der Waals surface area contributed by atoms with Gasteiger partial charge in [0.15, 0.2) is 5.76 Å². The second-order valence-corrected chi connectivity index (χ2v) is 7.58. The van der Waals surface area contributed by atoms with Crippen LogP contribution in [0.1, 0.15) is 29.2 Å². The zero-order chi connectivity index (χ0) is 19.1. The van der Waals surface area contributed by atoms with Gasteiger partial charge in [0.05, 0.1) is 28.5 Å². The second-order valence-electron chi connectivity index (χ2n) is 6.70. The van der Waals surface area contributed by atoms with Crippen molar-refractivity contribution in [3.05, 3.63) is 58.2 Å². The fourth-order valence-corrected chi connectivity index (χ4v) is 3.89. The first-order valence-electron chi connectivity index (χ1n) is 9.05.